The van der Waals surface area contributed by atoms with E-state index in [-0.39, 0.29) is 9.79 Å². The normalized spacial score (nSPS) is 15.0. The fourth-order valence-corrected chi connectivity index (χ4v) is 4.65. The van der Waals surface area contributed by atoms with Crippen LogP contribution in [-0.2, 0) is 20.2 Å². The van der Waals surface area contributed by atoms with E-state index in [1.807, 2.05) is 39.4 Å². The highest BCUT2D eigenvalue weighted by atomic mass is 32.2. The SMILES string of the molecule is CN[N+]1(c2cccnc2)CCCCC1.Cc1ccc(S(=O)(=O)O)cc1.Cc1ccc(S(=O)(=O)O)cc1. The second-order valence-electron chi connectivity index (χ2n) is 8.49. The molecule has 9 nitrogen and oxygen atoms in total. The van der Waals surface area contributed by atoms with Crippen molar-refractivity contribution >= 4 is 25.9 Å². The Labute approximate surface area is 213 Å². The molecule has 1 aromatic heterocycles. The molecule has 0 bridgehead atoms. The minimum atomic E-state index is -4.02. The molecule has 0 amide bonds. The Bertz CT molecular complexity index is 1220. The number of quaternary nitrogens is 1. The number of nitrogens with one attached hydrogen (secondary N) is 1. The Hall–Kier alpha value is -2.67. The Kier molecular flexibility index (Phi) is 10.7. The third-order valence-corrected chi connectivity index (χ3v) is 7.52. The van der Waals surface area contributed by atoms with Crippen molar-refractivity contribution in [3.8, 4) is 0 Å². The topological polar surface area (TPSA) is 134 Å². The molecule has 0 unspecified atom stereocenters. The van der Waals surface area contributed by atoms with E-state index < -0.39 is 20.2 Å². The maximum atomic E-state index is 10.5. The molecule has 2 heterocycles. The van der Waals surface area contributed by atoms with E-state index >= 15 is 0 Å². The van der Waals surface area contributed by atoms with Gasteiger partial charge in [0.15, 0.2) is 5.69 Å². The Morgan fingerprint density at radius 3 is 1.53 bits per heavy atom. The number of piperidine rings is 1. The van der Waals surface area contributed by atoms with E-state index in [1.165, 1.54) is 62.3 Å². The van der Waals surface area contributed by atoms with Crippen molar-refractivity contribution in [2.75, 3.05) is 20.1 Å². The molecule has 1 aliphatic heterocycles. The smallest absolute Gasteiger partial charge is 0.282 e. The van der Waals surface area contributed by atoms with E-state index in [2.05, 4.69) is 16.5 Å². The van der Waals surface area contributed by atoms with Gasteiger partial charge in [0.05, 0.1) is 16.0 Å². The molecule has 11 heteroatoms. The molecule has 36 heavy (non-hydrogen) atoms. The van der Waals surface area contributed by atoms with Crippen molar-refractivity contribution in [3.05, 3.63) is 84.2 Å². The molecule has 2 aromatic carbocycles. The van der Waals surface area contributed by atoms with Crippen molar-refractivity contribution in [3.63, 3.8) is 0 Å². The number of nitrogens with zero attached hydrogens (tertiary/aromatic N) is 2. The molecule has 0 saturated carbocycles. The van der Waals surface area contributed by atoms with Crippen LogP contribution in [0.4, 0.5) is 5.69 Å². The zero-order valence-corrected chi connectivity index (χ0v) is 22.3. The lowest BCUT2D eigenvalue weighted by atomic mass is 10.1. The maximum Gasteiger partial charge on any atom is 0.294 e. The van der Waals surface area contributed by atoms with Gasteiger partial charge in [-0.25, -0.2) is 4.59 Å². The molecular weight excluding hydrogens is 502 g/mol. The van der Waals surface area contributed by atoms with Crippen LogP contribution < -0.4 is 10.0 Å². The fourth-order valence-electron chi connectivity index (χ4n) is 3.69. The van der Waals surface area contributed by atoms with Gasteiger partial charge in [-0.1, -0.05) is 35.4 Å². The standard InChI is InChI=1S/C11H18N3.2C7H8O3S/c1-12-14(8-3-2-4-9-14)11-6-5-7-13-10-11;2*1-6-2-4-7(5-3-6)11(8,9)10/h5-7,10,12H,2-4,8-9H2,1H3;2*2-5H,1H3,(H,8,9,10)/q+1;;. The Morgan fingerprint density at radius 2 is 1.19 bits per heavy atom. The van der Waals surface area contributed by atoms with Crippen LogP contribution in [0.5, 0.6) is 0 Å². The van der Waals surface area contributed by atoms with Gasteiger partial charge < -0.3 is 0 Å². The molecule has 4 rings (SSSR count). The van der Waals surface area contributed by atoms with Gasteiger partial charge in [-0.05, 0) is 63.4 Å². The van der Waals surface area contributed by atoms with E-state index in [0.717, 1.165) is 15.7 Å². The first-order valence-corrected chi connectivity index (χ1v) is 14.3. The van der Waals surface area contributed by atoms with Gasteiger partial charge in [0.1, 0.15) is 13.1 Å². The summed E-state index contributed by atoms with van der Waals surface area (Å²) in [5.74, 6) is 0. The summed E-state index contributed by atoms with van der Waals surface area (Å²) in [5.41, 5.74) is 6.63. The molecule has 0 radical (unpaired) electrons. The van der Waals surface area contributed by atoms with Gasteiger partial charge in [0, 0.05) is 19.3 Å². The molecule has 1 aliphatic rings. The van der Waals surface area contributed by atoms with E-state index in [1.54, 1.807) is 24.3 Å². The van der Waals surface area contributed by atoms with Crippen molar-refractivity contribution in [1.82, 2.24) is 15.0 Å². The number of aromatic nitrogens is 1. The van der Waals surface area contributed by atoms with Crippen LogP contribution in [0.25, 0.3) is 0 Å². The van der Waals surface area contributed by atoms with Crippen LogP contribution in [0.2, 0.25) is 0 Å². The highest BCUT2D eigenvalue weighted by Crippen LogP contribution is 2.24. The minimum Gasteiger partial charge on any atom is -0.282 e. The summed E-state index contributed by atoms with van der Waals surface area (Å²) in [6.07, 6.45) is 7.77. The molecule has 1 fully saturated rings. The van der Waals surface area contributed by atoms with Gasteiger partial charge >= 0.3 is 0 Å². The van der Waals surface area contributed by atoms with Crippen molar-refractivity contribution < 1.29 is 25.9 Å². The summed E-state index contributed by atoms with van der Waals surface area (Å²) in [5, 5.41) is 0. The quantitative estimate of drug-likeness (QED) is 0.334. The Morgan fingerprint density at radius 1 is 0.750 bits per heavy atom. The van der Waals surface area contributed by atoms with E-state index in [9.17, 15) is 16.8 Å². The lowest BCUT2D eigenvalue weighted by Crippen LogP contribution is -2.60. The lowest BCUT2D eigenvalue weighted by molar-refractivity contribution is 0.173. The average Bonchev–Trinajstić information content (AvgIpc) is 2.85. The van der Waals surface area contributed by atoms with Gasteiger partial charge in [0.2, 0.25) is 0 Å². The zero-order chi connectivity index (χ0) is 26.8. The summed E-state index contributed by atoms with van der Waals surface area (Å²) in [7, 11) is -6.00. The molecule has 0 atom stereocenters. The van der Waals surface area contributed by atoms with Crippen LogP contribution in [0.15, 0.2) is 82.8 Å². The number of hydrogen-bond donors (Lipinski definition) is 3. The maximum absolute atomic E-state index is 10.5. The summed E-state index contributed by atoms with van der Waals surface area (Å²) >= 11 is 0. The van der Waals surface area contributed by atoms with Crippen molar-refractivity contribution in [2.45, 2.75) is 42.9 Å². The molecule has 1 saturated heterocycles. The number of pyridine rings is 1. The van der Waals surface area contributed by atoms with Crippen LogP contribution in [0, 0.1) is 13.8 Å². The molecule has 0 spiro atoms. The monoisotopic (exact) mass is 536 g/mol. The molecular formula is C25H34N3O6S2+. The lowest BCUT2D eigenvalue weighted by Gasteiger charge is -2.38. The van der Waals surface area contributed by atoms with Gasteiger partial charge in [-0.3, -0.25) is 14.1 Å². The second-order valence-corrected chi connectivity index (χ2v) is 11.3. The minimum absolute atomic E-state index is 0.0666. The number of benzene rings is 2. The number of rotatable bonds is 4. The van der Waals surface area contributed by atoms with E-state index in [0.29, 0.717) is 0 Å². The summed E-state index contributed by atoms with van der Waals surface area (Å²) in [6, 6.07) is 16.2. The first-order valence-electron chi connectivity index (χ1n) is 11.4. The molecule has 3 aromatic rings. The molecule has 0 aliphatic carbocycles. The van der Waals surface area contributed by atoms with Gasteiger partial charge in [-0.2, -0.15) is 22.3 Å². The van der Waals surface area contributed by atoms with Crippen molar-refractivity contribution in [2.24, 2.45) is 0 Å². The zero-order valence-electron chi connectivity index (χ0n) is 20.7. The Balaban J connectivity index is 0.000000193. The van der Waals surface area contributed by atoms with Crippen LogP contribution in [0.1, 0.15) is 30.4 Å². The summed E-state index contributed by atoms with van der Waals surface area (Å²) < 4.78 is 60.0. The van der Waals surface area contributed by atoms with Gasteiger partial charge in [0.25, 0.3) is 20.2 Å². The highest BCUT2D eigenvalue weighted by molar-refractivity contribution is 7.86. The highest BCUT2D eigenvalue weighted by Gasteiger charge is 2.31. The third-order valence-electron chi connectivity index (χ3n) is 5.79. The molecule has 196 valence electrons. The first kappa shape index (κ1) is 29.6. The summed E-state index contributed by atoms with van der Waals surface area (Å²) in [6.45, 7) is 6.05. The second kappa shape index (κ2) is 13.0. The average molecular weight is 537 g/mol. The van der Waals surface area contributed by atoms with E-state index in [4.69, 9.17) is 9.11 Å². The van der Waals surface area contributed by atoms with Crippen LogP contribution in [-0.4, -0.2) is 51.1 Å². The number of hydrogen-bond acceptors (Lipinski definition) is 6. The molecule has 3 N–H and O–H groups in total. The fraction of sp³-hybridized carbons (Fsp3) is 0.320. The first-order chi connectivity index (χ1) is 16.9. The predicted octanol–water partition coefficient (Wildman–Crippen LogP) is 4.19. The van der Waals surface area contributed by atoms with Crippen LogP contribution >= 0.6 is 0 Å². The summed E-state index contributed by atoms with van der Waals surface area (Å²) in [4.78, 5) is 4.06. The van der Waals surface area contributed by atoms with Crippen molar-refractivity contribution in [1.29, 1.82) is 0 Å². The predicted molar refractivity (Wildman–Crippen MR) is 141 cm³/mol. The number of aryl methyl sites for hydroxylation is 2. The van der Waals surface area contributed by atoms with Crippen LogP contribution in [0.3, 0.4) is 0 Å². The largest absolute Gasteiger partial charge is 0.294 e. The van der Waals surface area contributed by atoms with Gasteiger partial charge in [-0.15, -0.1) is 0 Å². The third kappa shape index (κ3) is 9.08.